The third kappa shape index (κ3) is 1.27. The summed E-state index contributed by atoms with van der Waals surface area (Å²) in [4.78, 5) is 0. The lowest BCUT2D eigenvalue weighted by atomic mass is 10.2. The second kappa shape index (κ2) is 3.10. The number of benzene rings is 1. The quantitative estimate of drug-likeness (QED) is 0.637. The maximum atomic E-state index is 9.09. The third-order valence-electron chi connectivity index (χ3n) is 1.29. The van der Waals surface area contributed by atoms with E-state index < -0.39 is 11.5 Å². The number of nitriles is 1. The van der Waals surface area contributed by atoms with Gasteiger partial charge in [-0.2, -0.15) is 5.26 Å². The molecule has 0 spiro atoms. The Labute approximate surface area is 78.4 Å². The van der Waals surface area contributed by atoms with Crippen LogP contribution in [0.15, 0.2) is 6.07 Å². The van der Waals surface area contributed by atoms with Crippen LogP contribution in [0.4, 0.5) is 0 Å². The number of aromatic hydroxyl groups is 2. The number of rotatable bonds is 0. The van der Waals surface area contributed by atoms with E-state index in [-0.39, 0.29) is 15.6 Å². The molecule has 2 N–H and O–H groups in total. The first-order valence-electron chi connectivity index (χ1n) is 2.88. The fraction of sp³-hybridized carbons (Fsp3) is 0. The van der Waals surface area contributed by atoms with Crippen LogP contribution >= 0.6 is 23.2 Å². The van der Waals surface area contributed by atoms with Crippen molar-refractivity contribution < 1.29 is 10.2 Å². The molecule has 0 saturated carbocycles. The molecule has 62 valence electrons. The fourth-order valence-corrected chi connectivity index (χ4v) is 1.03. The molecule has 0 radical (unpaired) electrons. The minimum Gasteiger partial charge on any atom is -0.503 e. The van der Waals surface area contributed by atoms with Gasteiger partial charge in [-0.05, 0) is 6.07 Å². The van der Waals surface area contributed by atoms with Gasteiger partial charge < -0.3 is 10.2 Å². The molecule has 0 bridgehead atoms. The van der Waals surface area contributed by atoms with Gasteiger partial charge in [-0.1, -0.05) is 23.2 Å². The summed E-state index contributed by atoms with van der Waals surface area (Å²) in [6, 6.07) is 2.83. The molecule has 0 atom stereocenters. The highest BCUT2D eigenvalue weighted by Crippen LogP contribution is 2.40. The highest BCUT2D eigenvalue weighted by Gasteiger charge is 2.13. The lowest BCUT2D eigenvalue weighted by molar-refractivity contribution is 0.403. The van der Waals surface area contributed by atoms with Crippen molar-refractivity contribution >= 4 is 23.2 Å². The van der Waals surface area contributed by atoms with Crippen molar-refractivity contribution in [2.75, 3.05) is 0 Å². The summed E-state index contributed by atoms with van der Waals surface area (Å²) >= 11 is 11.0. The summed E-state index contributed by atoms with van der Waals surface area (Å²) in [6.07, 6.45) is 0. The number of halogens is 2. The second-order valence-corrected chi connectivity index (χ2v) is 2.81. The topological polar surface area (TPSA) is 64.2 Å². The van der Waals surface area contributed by atoms with Crippen molar-refractivity contribution in [3.05, 3.63) is 21.7 Å². The zero-order valence-electron chi connectivity index (χ0n) is 5.67. The normalized spacial score (nSPS) is 9.42. The molecule has 0 aliphatic carbocycles. The Kier molecular flexibility index (Phi) is 2.32. The smallest absolute Gasteiger partial charge is 0.179 e. The van der Waals surface area contributed by atoms with Gasteiger partial charge in [-0.15, -0.1) is 0 Å². The molecule has 1 aromatic carbocycles. The van der Waals surface area contributed by atoms with E-state index in [0.29, 0.717) is 0 Å². The SMILES string of the molecule is N#Cc1cc(Cl)c(Cl)c(O)c1O. The van der Waals surface area contributed by atoms with Crippen LogP contribution in [0.5, 0.6) is 11.5 Å². The van der Waals surface area contributed by atoms with Crippen molar-refractivity contribution in [2.45, 2.75) is 0 Å². The molecule has 0 aromatic heterocycles. The fourth-order valence-electron chi connectivity index (χ4n) is 0.688. The van der Waals surface area contributed by atoms with E-state index in [1.165, 1.54) is 6.07 Å². The standard InChI is InChI=1S/C7H3Cl2NO2/c8-4-1-3(2-10)6(11)7(12)5(4)9/h1,11-12H. The van der Waals surface area contributed by atoms with Gasteiger partial charge in [0.25, 0.3) is 0 Å². The molecule has 5 heteroatoms. The first kappa shape index (κ1) is 8.98. The first-order chi connectivity index (χ1) is 5.57. The van der Waals surface area contributed by atoms with Crippen LogP contribution in [0, 0.1) is 11.3 Å². The Balaban J connectivity index is 3.52. The first-order valence-corrected chi connectivity index (χ1v) is 3.63. The minimum absolute atomic E-state index is 0.0310. The predicted octanol–water partition coefficient (Wildman–Crippen LogP) is 2.28. The Morgan fingerprint density at radius 3 is 2.33 bits per heavy atom. The Morgan fingerprint density at radius 2 is 1.83 bits per heavy atom. The van der Waals surface area contributed by atoms with Crippen molar-refractivity contribution in [3.8, 4) is 17.6 Å². The summed E-state index contributed by atoms with van der Waals surface area (Å²) in [5.74, 6) is -1.12. The molecule has 0 saturated heterocycles. The average molecular weight is 204 g/mol. The minimum atomic E-state index is -0.569. The second-order valence-electron chi connectivity index (χ2n) is 2.03. The highest BCUT2D eigenvalue weighted by atomic mass is 35.5. The molecule has 12 heavy (non-hydrogen) atoms. The molecular formula is C7H3Cl2NO2. The maximum absolute atomic E-state index is 9.09. The summed E-state index contributed by atoms with van der Waals surface area (Å²) in [7, 11) is 0. The van der Waals surface area contributed by atoms with E-state index in [0.717, 1.165) is 0 Å². The molecule has 0 aliphatic rings. The van der Waals surface area contributed by atoms with Crippen LogP contribution in [-0.4, -0.2) is 10.2 Å². The van der Waals surface area contributed by atoms with Crippen molar-refractivity contribution in [2.24, 2.45) is 0 Å². The average Bonchev–Trinajstić information content (AvgIpc) is 2.08. The Bertz CT molecular complexity index is 371. The molecule has 0 heterocycles. The monoisotopic (exact) mass is 203 g/mol. The number of hydrogen-bond donors (Lipinski definition) is 2. The van der Waals surface area contributed by atoms with Gasteiger partial charge >= 0.3 is 0 Å². The van der Waals surface area contributed by atoms with Crippen LogP contribution in [-0.2, 0) is 0 Å². The number of hydrogen-bond acceptors (Lipinski definition) is 3. The van der Waals surface area contributed by atoms with Gasteiger partial charge in [0.05, 0.1) is 10.6 Å². The van der Waals surface area contributed by atoms with Crippen LogP contribution in [0.1, 0.15) is 5.56 Å². The summed E-state index contributed by atoms with van der Waals surface area (Å²) in [5, 5.41) is 26.5. The van der Waals surface area contributed by atoms with E-state index in [9.17, 15) is 0 Å². The zero-order valence-corrected chi connectivity index (χ0v) is 7.19. The van der Waals surface area contributed by atoms with E-state index in [1.54, 1.807) is 6.07 Å². The van der Waals surface area contributed by atoms with Crippen molar-refractivity contribution in [1.82, 2.24) is 0 Å². The third-order valence-corrected chi connectivity index (χ3v) is 2.07. The molecule has 0 aliphatic heterocycles. The molecular weight excluding hydrogens is 201 g/mol. The lowest BCUT2D eigenvalue weighted by Crippen LogP contribution is -1.80. The number of nitrogens with zero attached hydrogens (tertiary/aromatic N) is 1. The van der Waals surface area contributed by atoms with Gasteiger partial charge in [-0.3, -0.25) is 0 Å². The zero-order chi connectivity index (χ0) is 9.30. The van der Waals surface area contributed by atoms with Crippen molar-refractivity contribution in [1.29, 1.82) is 5.26 Å². The Hall–Kier alpha value is -1.11. The van der Waals surface area contributed by atoms with Gasteiger partial charge in [0, 0.05) is 0 Å². The summed E-state index contributed by atoms with van der Waals surface area (Å²) < 4.78 is 0. The van der Waals surface area contributed by atoms with E-state index in [4.69, 9.17) is 38.7 Å². The molecule has 3 nitrogen and oxygen atoms in total. The van der Waals surface area contributed by atoms with Crippen LogP contribution in [0.25, 0.3) is 0 Å². The van der Waals surface area contributed by atoms with Gasteiger partial charge in [0.15, 0.2) is 11.5 Å². The van der Waals surface area contributed by atoms with Gasteiger partial charge in [0.2, 0.25) is 0 Å². The van der Waals surface area contributed by atoms with Crippen LogP contribution in [0.2, 0.25) is 10.0 Å². The molecule has 1 aromatic rings. The van der Waals surface area contributed by atoms with E-state index in [2.05, 4.69) is 0 Å². The molecule has 0 fully saturated rings. The summed E-state index contributed by atoms with van der Waals surface area (Å²) in [5.41, 5.74) is -0.109. The van der Waals surface area contributed by atoms with Crippen molar-refractivity contribution in [3.63, 3.8) is 0 Å². The highest BCUT2D eigenvalue weighted by molar-refractivity contribution is 6.43. The van der Waals surface area contributed by atoms with E-state index in [1.807, 2.05) is 0 Å². The Morgan fingerprint density at radius 1 is 1.25 bits per heavy atom. The number of phenolic OH excluding ortho intramolecular Hbond substituents is 2. The van der Waals surface area contributed by atoms with Crippen LogP contribution in [0.3, 0.4) is 0 Å². The largest absolute Gasteiger partial charge is 0.503 e. The number of phenols is 2. The summed E-state index contributed by atoms with van der Waals surface area (Å²) in [6.45, 7) is 0. The van der Waals surface area contributed by atoms with E-state index >= 15 is 0 Å². The van der Waals surface area contributed by atoms with Gasteiger partial charge in [-0.25, -0.2) is 0 Å². The predicted molar refractivity (Wildman–Crippen MR) is 44.5 cm³/mol. The molecule has 0 amide bonds. The molecule has 0 unspecified atom stereocenters. The van der Waals surface area contributed by atoms with Crippen LogP contribution < -0.4 is 0 Å². The lowest BCUT2D eigenvalue weighted by Gasteiger charge is -2.02. The van der Waals surface area contributed by atoms with Gasteiger partial charge in [0.1, 0.15) is 11.1 Å². The maximum Gasteiger partial charge on any atom is 0.179 e. The molecule has 1 rings (SSSR count).